The van der Waals surface area contributed by atoms with Gasteiger partial charge in [0.2, 0.25) is 0 Å². The van der Waals surface area contributed by atoms with Gasteiger partial charge in [0.05, 0.1) is 6.61 Å². The van der Waals surface area contributed by atoms with Crippen LogP contribution in [0.25, 0.3) is 0 Å². The molecule has 0 saturated heterocycles. The summed E-state index contributed by atoms with van der Waals surface area (Å²) in [4.78, 5) is 11.5. The number of hydrogen-bond acceptors (Lipinski definition) is 5. The van der Waals surface area contributed by atoms with E-state index in [1.807, 2.05) is 6.92 Å². The highest BCUT2D eigenvalue weighted by atomic mass is 16.5. The van der Waals surface area contributed by atoms with E-state index < -0.39 is 0 Å². The lowest BCUT2D eigenvalue weighted by molar-refractivity contribution is 0.204. The minimum atomic E-state index is 0.514. The molecule has 0 aromatic carbocycles. The maximum atomic E-state index is 6.08. The van der Waals surface area contributed by atoms with E-state index >= 15 is 0 Å². The van der Waals surface area contributed by atoms with E-state index in [2.05, 4.69) is 23.7 Å². The van der Waals surface area contributed by atoms with Gasteiger partial charge in [-0.05, 0) is 25.7 Å². The zero-order valence-electron chi connectivity index (χ0n) is 13.0. The van der Waals surface area contributed by atoms with Crippen molar-refractivity contribution in [2.45, 2.75) is 39.5 Å². The van der Waals surface area contributed by atoms with Gasteiger partial charge < -0.3 is 15.4 Å². The van der Waals surface area contributed by atoms with Gasteiger partial charge in [-0.2, -0.15) is 0 Å². The van der Waals surface area contributed by atoms with Crippen LogP contribution in [0.3, 0.4) is 0 Å². The Kier molecular flexibility index (Phi) is 4.81. The molecule has 1 aliphatic rings. The van der Waals surface area contributed by atoms with Crippen molar-refractivity contribution in [2.75, 3.05) is 37.4 Å². The number of rotatable bonds is 7. The summed E-state index contributed by atoms with van der Waals surface area (Å²) in [6.07, 6.45) is 2.37. The number of ether oxygens (including phenoxy) is 1. The highest BCUT2D eigenvalue weighted by Crippen LogP contribution is 2.39. The Hall–Kier alpha value is -1.36. The lowest BCUT2D eigenvalue weighted by Gasteiger charge is -2.27. The van der Waals surface area contributed by atoms with E-state index in [-0.39, 0.29) is 0 Å². The molecule has 1 aromatic heterocycles. The van der Waals surface area contributed by atoms with E-state index in [9.17, 15) is 0 Å². The first-order chi connectivity index (χ1) is 9.52. The lowest BCUT2D eigenvalue weighted by Crippen LogP contribution is -2.33. The van der Waals surface area contributed by atoms with Gasteiger partial charge >= 0.3 is 0 Å². The number of nitrogens with zero attached hydrogens (tertiary/aromatic N) is 3. The van der Waals surface area contributed by atoms with Crippen LogP contribution in [-0.4, -0.2) is 36.8 Å². The standard InChI is InChI=1S/C15H26N4O/c1-10(2)9-19(7-8-20-4)15-11(3)13(16)17-14(18-15)12-5-6-12/h10,12H,5-9H2,1-4H3,(H2,16,17,18). The summed E-state index contributed by atoms with van der Waals surface area (Å²) in [5.74, 6) is 3.58. The molecule has 0 atom stereocenters. The molecule has 1 heterocycles. The molecular weight excluding hydrogens is 252 g/mol. The lowest BCUT2D eigenvalue weighted by atomic mass is 10.2. The number of nitrogens with two attached hydrogens (primary N) is 1. The van der Waals surface area contributed by atoms with E-state index in [4.69, 9.17) is 15.5 Å². The Morgan fingerprint density at radius 2 is 2.05 bits per heavy atom. The van der Waals surface area contributed by atoms with Gasteiger partial charge in [0.15, 0.2) is 0 Å². The minimum absolute atomic E-state index is 0.514. The maximum absolute atomic E-state index is 6.08. The molecule has 0 spiro atoms. The van der Waals surface area contributed by atoms with Crippen LogP contribution in [-0.2, 0) is 4.74 Å². The highest BCUT2D eigenvalue weighted by molar-refractivity contribution is 5.57. The fraction of sp³-hybridized carbons (Fsp3) is 0.733. The summed E-state index contributed by atoms with van der Waals surface area (Å²) in [6.45, 7) is 8.89. The largest absolute Gasteiger partial charge is 0.383 e. The molecule has 2 N–H and O–H groups in total. The van der Waals surface area contributed by atoms with Crippen LogP contribution in [0.1, 0.15) is 44.0 Å². The van der Waals surface area contributed by atoms with Gasteiger partial charge in [0.1, 0.15) is 17.5 Å². The molecule has 0 amide bonds. The van der Waals surface area contributed by atoms with Crippen LogP contribution < -0.4 is 10.6 Å². The molecule has 0 unspecified atom stereocenters. The Morgan fingerprint density at radius 1 is 1.35 bits per heavy atom. The first-order valence-electron chi connectivity index (χ1n) is 7.40. The van der Waals surface area contributed by atoms with Gasteiger partial charge in [0, 0.05) is 31.7 Å². The monoisotopic (exact) mass is 278 g/mol. The van der Waals surface area contributed by atoms with Crippen LogP contribution in [0.15, 0.2) is 0 Å². The maximum Gasteiger partial charge on any atom is 0.137 e. The smallest absolute Gasteiger partial charge is 0.137 e. The van der Waals surface area contributed by atoms with Gasteiger partial charge in [-0.1, -0.05) is 13.8 Å². The predicted molar refractivity (Wildman–Crippen MR) is 82.1 cm³/mol. The van der Waals surface area contributed by atoms with Gasteiger partial charge in [-0.15, -0.1) is 0 Å². The van der Waals surface area contributed by atoms with Crippen molar-refractivity contribution in [3.05, 3.63) is 11.4 Å². The van der Waals surface area contributed by atoms with Crippen molar-refractivity contribution in [3.8, 4) is 0 Å². The second-order valence-corrected chi connectivity index (χ2v) is 6.02. The average molecular weight is 278 g/mol. The summed E-state index contributed by atoms with van der Waals surface area (Å²) < 4.78 is 5.22. The van der Waals surface area contributed by atoms with Crippen molar-refractivity contribution in [2.24, 2.45) is 5.92 Å². The van der Waals surface area contributed by atoms with Crippen molar-refractivity contribution in [1.82, 2.24) is 9.97 Å². The minimum Gasteiger partial charge on any atom is -0.383 e. The Labute approximate surface area is 121 Å². The molecule has 1 fully saturated rings. The zero-order valence-corrected chi connectivity index (χ0v) is 13.0. The van der Waals surface area contributed by atoms with Gasteiger partial charge in [-0.25, -0.2) is 9.97 Å². The van der Waals surface area contributed by atoms with Crippen LogP contribution in [0.5, 0.6) is 0 Å². The number of anilines is 2. The molecule has 2 rings (SSSR count). The Morgan fingerprint density at radius 3 is 2.60 bits per heavy atom. The fourth-order valence-corrected chi connectivity index (χ4v) is 2.30. The molecular formula is C15H26N4O. The molecule has 1 aromatic rings. The molecule has 112 valence electrons. The summed E-state index contributed by atoms with van der Waals surface area (Å²) in [6, 6.07) is 0. The Balaban J connectivity index is 2.29. The molecule has 5 heteroatoms. The average Bonchev–Trinajstić information content (AvgIpc) is 3.21. The topological polar surface area (TPSA) is 64.3 Å². The molecule has 0 bridgehead atoms. The summed E-state index contributed by atoms with van der Waals surface area (Å²) in [5.41, 5.74) is 7.05. The Bertz CT molecular complexity index is 457. The van der Waals surface area contributed by atoms with Crippen LogP contribution in [0, 0.1) is 12.8 Å². The summed E-state index contributed by atoms with van der Waals surface area (Å²) >= 11 is 0. The fourth-order valence-electron chi connectivity index (χ4n) is 2.30. The van der Waals surface area contributed by atoms with Crippen molar-refractivity contribution in [3.63, 3.8) is 0 Å². The van der Waals surface area contributed by atoms with Gasteiger partial charge in [-0.3, -0.25) is 0 Å². The third kappa shape index (κ3) is 3.60. The zero-order chi connectivity index (χ0) is 14.7. The normalized spacial score (nSPS) is 14.8. The number of hydrogen-bond donors (Lipinski definition) is 1. The van der Waals surface area contributed by atoms with Crippen LogP contribution >= 0.6 is 0 Å². The first kappa shape index (κ1) is 15.0. The predicted octanol–water partition coefficient (Wildman–Crippen LogP) is 2.35. The second kappa shape index (κ2) is 6.39. The molecule has 1 saturated carbocycles. The van der Waals surface area contributed by atoms with Crippen molar-refractivity contribution in [1.29, 1.82) is 0 Å². The van der Waals surface area contributed by atoms with E-state index in [0.717, 1.165) is 30.3 Å². The first-order valence-corrected chi connectivity index (χ1v) is 7.40. The number of methoxy groups -OCH3 is 1. The van der Waals surface area contributed by atoms with Crippen LogP contribution in [0.2, 0.25) is 0 Å². The van der Waals surface area contributed by atoms with E-state index in [0.29, 0.717) is 24.3 Å². The SMILES string of the molecule is COCCN(CC(C)C)c1nc(C2CC2)nc(N)c1C. The molecule has 1 aliphatic carbocycles. The number of nitrogen functional groups attached to an aromatic ring is 1. The molecule has 5 nitrogen and oxygen atoms in total. The van der Waals surface area contributed by atoms with E-state index in [1.54, 1.807) is 7.11 Å². The van der Waals surface area contributed by atoms with Gasteiger partial charge in [0.25, 0.3) is 0 Å². The summed E-state index contributed by atoms with van der Waals surface area (Å²) in [5, 5.41) is 0. The van der Waals surface area contributed by atoms with E-state index in [1.165, 1.54) is 12.8 Å². The molecule has 20 heavy (non-hydrogen) atoms. The third-order valence-corrected chi connectivity index (χ3v) is 3.57. The second-order valence-electron chi connectivity index (χ2n) is 6.02. The molecule has 0 radical (unpaired) electrons. The quantitative estimate of drug-likeness (QED) is 0.829. The third-order valence-electron chi connectivity index (χ3n) is 3.57. The van der Waals surface area contributed by atoms with Crippen molar-refractivity contribution >= 4 is 11.6 Å². The molecule has 0 aliphatic heterocycles. The van der Waals surface area contributed by atoms with Crippen LogP contribution in [0.4, 0.5) is 11.6 Å². The summed E-state index contributed by atoms with van der Waals surface area (Å²) in [7, 11) is 1.73. The highest BCUT2D eigenvalue weighted by Gasteiger charge is 2.28. The number of aromatic nitrogens is 2. The van der Waals surface area contributed by atoms with Crippen molar-refractivity contribution < 1.29 is 4.74 Å².